The lowest BCUT2D eigenvalue weighted by atomic mass is 10.00. The first kappa shape index (κ1) is 89.7. The van der Waals surface area contributed by atoms with Gasteiger partial charge in [-0.15, -0.1) is 0 Å². The van der Waals surface area contributed by atoms with Crippen LogP contribution in [0.1, 0.15) is 132 Å². The molecule has 101 heavy (non-hydrogen) atoms. The zero-order valence-electron chi connectivity index (χ0n) is 57.1. The monoisotopic (exact) mass is 1480 g/mol. The summed E-state index contributed by atoms with van der Waals surface area (Å²) in [4.78, 5) is 250. The van der Waals surface area contributed by atoms with Crippen molar-refractivity contribution >= 4 is 125 Å². The van der Waals surface area contributed by atoms with Gasteiger partial charge < -0.3 is 127 Å². The minimum atomic E-state index is -4.74. The van der Waals surface area contributed by atoms with Crippen LogP contribution in [0.5, 0.6) is 0 Å². The highest BCUT2D eigenvalue weighted by atomic mass is 32.5. The first-order chi connectivity index (χ1) is 46.8. The van der Waals surface area contributed by atoms with Gasteiger partial charge in [0, 0.05) is 32.4 Å². The molecule has 44 heteroatoms. The average Bonchev–Trinajstić information content (AvgIpc) is 1.78. The van der Waals surface area contributed by atoms with Crippen molar-refractivity contribution in [1.29, 1.82) is 0 Å². The summed E-state index contributed by atoms with van der Waals surface area (Å²) < 4.78 is 5.13. The summed E-state index contributed by atoms with van der Waals surface area (Å²) in [5.41, 5.74) is 32.4. The minimum Gasteiger partial charge on any atom is -0.481 e. The standard InChI is InChI=1S/C57H98N19O23PS/c1-24(2)21-34(72-55(95)43(29(8)99-100(97,98)101)75-50(90)33(15-18-41(82)83)68-46(86)27(6)65-51(91)35(22-39(60)79)71-47(87)32(14-17-40(80)81)67-45(85)26(5)58)52(92)69-30(11-9-19-64-57(62)63)49(89)74-42(25(3)4)54(94)66-28(7)56(96)76-20-10-12-37(76)53(93)70-31(13-16-38(59)78)48(88)73-36(23-77)44(61)84/h24-37,42-43,77H,9-23,58H2,1-8H3,(H2,59,78)(H2,60,79)(H2,61,84)(H,65,91)(H,66,94)(H,67,85)(H,68,86)(H,69,92)(H,70,93)(H,71,87)(H,72,95)(H,73,88)(H,74,89)(H,75,90)(H,80,81)(H,82,83)(H4,62,63,64)(H2,97,98,101)/t26-,27-,28-,29+,30-,31-,32-,33-,34-,35-,36-,37-,42-,43-/m0/s1. The number of carboxylic acids is 2. The second-order valence-corrected chi connectivity index (χ2v) is 27.2. The minimum absolute atomic E-state index is 0.00245. The van der Waals surface area contributed by atoms with Gasteiger partial charge in [0.1, 0.15) is 72.5 Å². The molecule has 0 aliphatic carbocycles. The van der Waals surface area contributed by atoms with Crippen LogP contribution in [0.4, 0.5) is 0 Å². The Morgan fingerprint density at radius 2 is 0.960 bits per heavy atom. The Kier molecular flexibility index (Phi) is 38.5. The van der Waals surface area contributed by atoms with Crippen molar-refractivity contribution in [3.05, 3.63) is 0 Å². The summed E-state index contributed by atoms with van der Waals surface area (Å²) in [5.74, 6) is -20.4. The molecule has 0 bridgehead atoms. The number of aliphatic carboxylic acids is 2. The second kappa shape index (κ2) is 43.4. The van der Waals surface area contributed by atoms with Gasteiger partial charge in [0.25, 0.3) is 0 Å². The van der Waals surface area contributed by atoms with Crippen LogP contribution in [0, 0.1) is 11.8 Å². The van der Waals surface area contributed by atoms with E-state index >= 15 is 0 Å². The zero-order chi connectivity index (χ0) is 77.5. The van der Waals surface area contributed by atoms with E-state index in [9.17, 15) is 107 Å². The van der Waals surface area contributed by atoms with E-state index in [0.29, 0.717) is 0 Å². The lowest BCUT2D eigenvalue weighted by molar-refractivity contribution is -0.142. The third kappa shape index (κ3) is 33.6. The molecule has 14 atom stereocenters. The fraction of sp³-hybridized carbons (Fsp3) is 0.684. The zero-order valence-corrected chi connectivity index (χ0v) is 58.9. The number of aliphatic hydroxyl groups excluding tert-OH is 1. The lowest BCUT2D eigenvalue weighted by Crippen LogP contribution is -2.62. The van der Waals surface area contributed by atoms with Crippen LogP contribution in [0.2, 0.25) is 0 Å². The van der Waals surface area contributed by atoms with Crippen LogP contribution in [0.25, 0.3) is 0 Å². The number of rotatable bonds is 46. The molecule has 1 aliphatic rings. The first-order valence-corrected chi connectivity index (χ1v) is 34.5. The Hall–Kier alpha value is -9.29. The van der Waals surface area contributed by atoms with Crippen molar-refractivity contribution < 1.29 is 111 Å². The highest BCUT2D eigenvalue weighted by molar-refractivity contribution is 8.06. The molecule has 15 amide bonds. The number of primary amides is 3. The van der Waals surface area contributed by atoms with E-state index in [4.69, 9.17) is 38.9 Å². The van der Waals surface area contributed by atoms with E-state index in [2.05, 4.69) is 75.3 Å². The predicted molar refractivity (Wildman–Crippen MR) is 357 cm³/mol. The van der Waals surface area contributed by atoms with Gasteiger partial charge in [-0.2, -0.15) is 0 Å². The van der Waals surface area contributed by atoms with Crippen molar-refractivity contribution in [3.8, 4) is 0 Å². The van der Waals surface area contributed by atoms with Crippen LogP contribution in [-0.2, 0) is 97.8 Å². The summed E-state index contributed by atoms with van der Waals surface area (Å²) in [7, 11) is 0. The maximum atomic E-state index is 14.5. The number of nitrogens with one attached hydrogen (secondary N) is 11. The lowest BCUT2D eigenvalue weighted by Gasteiger charge is -2.31. The fourth-order valence-electron chi connectivity index (χ4n) is 9.68. The quantitative estimate of drug-likeness (QED) is 0.0116. The van der Waals surface area contributed by atoms with Crippen molar-refractivity contribution in [2.45, 2.75) is 217 Å². The van der Waals surface area contributed by atoms with Crippen LogP contribution in [0.15, 0.2) is 4.99 Å². The molecule has 42 nitrogen and oxygen atoms in total. The molecular weight excluding hydrogens is 1380 g/mol. The molecular formula is C57H98N19O23PS. The summed E-state index contributed by atoms with van der Waals surface area (Å²) in [5, 5.41) is 54.0. The summed E-state index contributed by atoms with van der Waals surface area (Å²) >= 11 is 4.63. The Morgan fingerprint density at radius 3 is 1.44 bits per heavy atom. The van der Waals surface area contributed by atoms with Gasteiger partial charge in [-0.05, 0) is 103 Å². The molecule has 1 heterocycles. The number of aliphatic imine (C=N–C) groups is 1. The number of likely N-dealkylation sites (tertiary alicyclic amines) is 1. The Bertz CT molecular complexity index is 3080. The molecule has 0 aromatic rings. The number of nitrogens with zero attached hydrogens (tertiary/aromatic N) is 2. The third-order valence-corrected chi connectivity index (χ3v) is 15.9. The number of hydrogen-bond acceptors (Lipinski definition) is 22. The SMILES string of the molecule is CC(C)C[C@H](NC(=O)[C@@H](NC(=O)[C@H](CCC(=O)O)NC(=O)[C@H](C)NC(=O)[C@H](CC(N)=O)NC(=O)[C@H](CCC(=O)O)NC(=O)[C@H](C)N)[C@@H](C)OP(O)(O)=S)C(=O)N[C@@H](CCCN=C(N)N)C(=O)N[C@H](C(=O)N[C@@H](C)C(=O)N1CCC[C@H]1C(=O)N[C@@H](CCC(N)=O)C(=O)N[C@@H](CO)C(N)=O)C(C)C. The highest BCUT2D eigenvalue weighted by Crippen LogP contribution is 2.38. The Balaban J connectivity index is 3.63. The molecule has 0 saturated carbocycles. The number of aliphatic hydroxyl groups is 1. The van der Waals surface area contributed by atoms with E-state index in [-0.39, 0.29) is 57.6 Å². The van der Waals surface area contributed by atoms with Crippen molar-refractivity contribution in [1.82, 2.24) is 63.4 Å². The molecule has 1 fully saturated rings. The van der Waals surface area contributed by atoms with Gasteiger partial charge in [-0.1, -0.05) is 27.7 Å². The molecule has 1 aliphatic heterocycles. The number of amides is 15. The maximum Gasteiger partial charge on any atom is 0.322 e. The van der Waals surface area contributed by atoms with Crippen LogP contribution < -0.4 is 92.9 Å². The van der Waals surface area contributed by atoms with Crippen LogP contribution >= 0.6 is 6.72 Å². The number of carboxylic acid groups (broad SMARTS) is 2. The third-order valence-electron chi connectivity index (χ3n) is 15.0. The van der Waals surface area contributed by atoms with Crippen molar-refractivity contribution in [2.75, 3.05) is 19.7 Å². The van der Waals surface area contributed by atoms with Crippen molar-refractivity contribution in [3.63, 3.8) is 0 Å². The van der Waals surface area contributed by atoms with Crippen LogP contribution in [-0.4, -0.2) is 241 Å². The highest BCUT2D eigenvalue weighted by Gasteiger charge is 2.42. The van der Waals surface area contributed by atoms with E-state index in [0.717, 1.165) is 18.7 Å². The number of nitrogens with two attached hydrogens (primary N) is 6. The molecule has 1 saturated heterocycles. The van der Waals surface area contributed by atoms with E-state index in [1.54, 1.807) is 13.8 Å². The summed E-state index contributed by atoms with van der Waals surface area (Å²) in [6.45, 7) is 5.18. The van der Waals surface area contributed by atoms with E-state index in [1.807, 2.05) is 0 Å². The van der Waals surface area contributed by atoms with Crippen molar-refractivity contribution in [2.24, 2.45) is 51.2 Å². The Labute approximate surface area is 585 Å². The van der Waals surface area contributed by atoms with Gasteiger partial charge in [0.15, 0.2) is 5.96 Å². The number of guanidine groups is 1. The number of carbonyl (C=O) groups excluding carboxylic acids is 15. The molecule has 28 N–H and O–H groups in total. The summed E-state index contributed by atoms with van der Waals surface area (Å²) in [6.07, 6.45) is -6.42. The molecule has 1 rings (SSSR count). The largest absolute Gasteiger partial charge is 0.481 e. The molecule has 0 radical (unpaired) electrons. The smallest absolute Gasteiger partial charge is 0.322 e. The molecule has 0 spiro atoms. The van der Waals surface area contributed by atoms with Gasteiger partial charge in [-0.25, -0.2) is 0 Å². The number of carbonyl (C=O) groups is 17. The summed E-state index contributed by atoms with van der Waals surface area (Å²) in [6, 6.07) is -20.8. The van der Waals surface area contributed by atoms with E-state index < -0.39 is 249 Å². The molecule has 0 aromatic heterocycles. The first-order valence-electron chi connectivity index (χ1n) is 31.9. The molecule has 0 unspecified atom stereocenters. The predicted octanol–water partition coefficient (Wildman–Crippen LogP) is -9.58. The maximum absolute atomic E-state index is 14.5. The van der Waals surface area contributed by atoms with Gasteiger partial charge >= 0.3 is 18.7 Å². The van der Waals surface area contributed by atoms with Gasteiger partial charge in [0.2, 0.25) is 88.6 Å². The van der Waals surface area contributed by atoms with Crippen LogP contribution in [0.3, 0.4) is 0 Å². The topological polar surface area (TPSA) is 705 Å². The van der Waals surface area contributed by atoms with Gasteiger partial charge in [-0.3, -0.25) is 86.5 Å². The number of hydrogen-bond donors (Lipinski definition) is 22. The van der Waals surface area contributed by atoms with E-state index in [1.165, 1.54) is 27.7 Å². The average molecular weight is 1480 g/mol. The molecule has 570 valence electrons. The normalized spacial score (nSPS) is 16.7. The fourth-order valence-corrected chi connectivity index (χ4v) is 10.6. The van der Waals surface area contributed by atoms with Gasteiger partial charge in [0.05, 0.1) is 25.2 Å². The second-order valence-electron chi connectivity index (χ2n) is 24.6. The molecule has 0 aromatic carbocycles. The Morgan fingerprint density at radius 1 is 0.525 bits per heavy atom.